The standard InChI is InChI=1S/C11H14INO2/c12-9-6-4-8(5-7-9)10(13)2-1-3-11(14)15/h4-7,10H,1-3,13H2,(H,14,15)/t10-/m1/s1. The average Bonchev–Trinajstić information content (AvgIpc) is 2.18. The molecule has 0 aliphatic rings. The van der Waals surface area contributed by atoms with Crippen LogP contribution in [0.2, 0.25) is 0 Å². The molecule has 0 aromatic heterocycles. The molecular weight excluding hydrogens is 305 g/mol. The minimum atomic E-state index is -0.982. The summed E-state index contributed by atoms with van der Waals surface area (Å²) in [6.45, 7) is 0. The van der Waals surface area contributed by atoms with Crippen LogP contribution in [0.25, 0.3) is 0 Å². The van der Waals surface area contributed by atoms with Crippen molar-refractivity contribution >= 4 is 28.6 Å². The van der Waals surface area contributed by atoms with E-state index in [9.17, 15) is 9.90 Å². The lowest BCUT2D eigenvalue weighted by molar-refractivity contribution is -0.428. The summed E-state index contributed by atoms with van der Waals surface area (Å²) in [5, 5.41) is 10.2. The number of aliphatic carboxylic acids is 1. The van der Waals surface area contributed by atoms with E-state index in [2.05, 4.69) is 28.3 Å². The molecule has 0 aliphatic heterocycles. The van der Waals surface area contributed by atoms with Crippen LogP contribution in [0.1, 0.15) is 30.9 Å². The molecule has 0 fully saturated rings. The van der Waals surface area contributed by atoms with Gasteiger partial charge in [0.25, 0.3) is 0 Å². The van der Waals surface area contributed by atoms with E-state index in [1.165, 1.54) is 3.57 Å². The van der Waals surface area contributed by atoms with Crippen LogP contribution in [0, 0.1) is 3.57 Å². The molecule has 0 aliphatic carbocycles. The number of carboxylic acids is 1. The molecule has 1 aromatic carbocycles. The zero-order valence-corrected chi connectivity index (χ0v) is 10.6. The van der Waals surface area contributed by atoms with E-state index in [0.29, 0.717) is 6.42 Å². The fourth-order valence-corrected chi connectivity index (χ4v) is 1.75. The highest BCUT2D eigenvalue weighted by atomic mass is 127. The Morgan fingerprint density at radius 2 is 2.00 bits per heavy atom. The molecule has 0 radical (unpaired) electrons. The van der Waals surface area contributed by atoms with Gasteiger partial charge in [0.05, 0.1) is 0 Å². The highest BCUT2D eigenvalue weighted by Crippen LogP contribution is 2.16. The van der Waals surface area contributed by atoms with Crippen molar-refractivity contribution in [1.82, 2.24) is 0 Å². The number of benzene rings is 1. The average molecular weight is 319 g/mol. The predicted octanol–water partition coefficient (Wildman–Crippen LogP) is 0.494. The number of rotatable bonds is 5. The molecule has 0 saturated carbocycles. The van der Waals surface area contributed by atoms with Gasteiger partial charge in [0.2, 0.25) is 0 Å². The van der Waals surface area contributed by atoms with Gasteiger partial charge in [-0.1, -0.05) is 12.1 Å². The molecule has 0 unspecified atom stereocenters. The van der Waals surface area contributed by atoms with Gasteiger partial charge in [-0.05, 0) is 47.6 Å². The van der Waals surface area contributed by atoms with E-state index >= 15 is 0 Å². The second-order valence-corrected chi connectivity index (χ2v) is 4.76. The monoisotopic (exact) mass is 319 g/mol. The molecule has 82 valence electrons. The summed E-state index contributed by atoms with van der Waals surface area (Å²) in [4.78, 5) is 10.2. The molecule has 3 nitrogen and oxygen atoms in total. The van der Waals surface area contributed by atoms with Crippen LogP contribution in [0.5, 0.6) is 0 Å². The molecule has 3 N–H and O–H groups in total. The second-order valence-electron chi connectivity index (χ2n) is 3.51. The van der Waals surface area contributed by atoms with Crippen molar-refractivity contribution in [2.45, 2.75) is 25.3 Å². The Labute approximate surface area is 103 Å². The lowest BCUT2D eigenvalue weighted by atomic mass is 10.0. The Hall–Kier alpha value is -0.620. The van der Waals surface area contributed by atoms with Crippen LogP contribution in [0.4, 0.5) is 0 Å². The van der Waals surface area contributed by atoms with Gasteiger partial charge in [0.15, 0.2) is 0 Å². The maximum Gasteiger partial charge on any atom is 0.110 e. The van der Waals surface area contributed by atoms with Crippen molar-refractivity contribution in [3.05, 3.63) is 33.4 Å². The van der Waals surface area contributed by atoms with Gasteiger partial charge in [0.1, 0.15) is 6.04 Å². The van der Waals surface area contributed by atoms with Gasteiger partial charge in [-0.2, -0.15) is 0 Å². The number of carbonyl (C=O) groups is 1. The maximum absolute atomic E-state index is 10.2. The maximum atomic E-state index is 10.2. The Kier molecular flexibility index (Phi) is 5.04. The van der Waals surface area contributed by atoms with Gasteiger partial charge >= 0.3 is 0 Å². The van der Waals surface area contributed by atoms with E-state index < -0.39 is 5.97 Å². The fourth-order valence-electron chi connectivity index (χ4n) is 1.39. The number of carbonyl (C=O) groups excluding carboxylic acids is 1. The SMILES string of the molecule is [NH3+][C@H](CCCC(=O)[O-])c1ccc(I)cc1. The summed E-state index contributed by atoms with van der Waals surface area (Å²) in [5.74, 6) is -0.982. The Morgan fingerprint density at radius 3 is 2.53 bits per heavy atom. The number of hydrogen-bond acceptors (Lipinski definition) is 2. The van der Waals surface area contributed by atoms with E-state index in [1.54, 1.807) is 0 Å². The third-order valence-corrected chi connectivity index (χ3v) is 2.99. The Bertz CT molecular complexity index is 324. The first-order chi connectivity index (χ1) is 7.09. The van der Waals surface area contributed by atoms with E-state index in [-0.39, 0.29) is 12.5 Å². The number of carboxylic acid groups (broad SMARTS) is 1. The fraction of sp³-hybridized carbons (Fsp3) is 0.364. The molecule has 0 amide bonds. The second kappa shape index (κ2) is 6.07. The third kappa shape index (κ3) is 4.61. The lowest BCUT2D eigenvalue weighted by Crippen LogP contribution is -2.53. The first-order valence-corrected chi connectivity index (χ1v) is 5.96. The molecule has 1 rings (SSSR count). The zero-order valence-electron chi connectivity index (χ0n) is 8.41. The third-order valence-electron chi connectivity index (χ3n) is 2.27. The molecule has 15 heavy (non-hydrogen) atoms. The van der Waals surface area contributed by atoms with Crippen LogP contribution in [0.3, 0.4) is 0 Å². The number of hydrogen-bond donors (Lipinski definition) is 1. The molecule has 1 atom stereocenters. The molecule has 0 bridgehead atoms. The molecule has 0 saturated heterocycles. The van der Waals surface area contributed by atoms with E-state index in [0.717, 1.165) is 12.0 Å². The lowest BCUT2D eigenvalue weighted by Gasteiger charge is -2.09. The van der Waals surface area contributed by atoms with Crippen molar-refractivity contribution < 1.29 is 15.6 Å². The molecule has 1 aromatic rings. The van der Waals surface area contributed by atoms with Gasteiger partial charge in [-0.3, -0.25) is 0 Å². The summed E-state index contributed by atoms with van der Waals surface area (Å²) in [6.07, 6.45) is 1.54. The summed E-state index contributed by atoms with van der Waals surface area (Å²) >= 11 is 2.25. The highest BCUT2D eigenvalue weighted by molar-refractivity contribution is 14.1. The van der Waals surface area contributed by atoms with Crippen molar-refractivity contribution in [2.75, 3.05) is 0 Å². The summed E-state index contributed by atoms with van der Waals surface area (Å²) in [7, 11) is 0. The Balaban J connectivity index is 2.43. The van der Waals surface area contributed by atoms with Gasteiger partial charge in [-0.15, -0.1) is 0 Å². The summed E-state index contributed by atoms with van der Waals surface area (Å²) < 4.78 is 1.19. The summed E-state index contributed by atoms with van der Waals surface area (Å²) in [5.41, 5.74) is 5.18. The van der Waals surface area contributed by atoms with Gasteiger partial charge < -0.3 is 15.6 Å². The minimum absolute atomic E-state index is 0.121. The zero-order chi connectivity index (χ0) is 11.3. The van der Waals surface area contributed by atoms with Crippen LogP contribution in [-0.4, -0.2) is 5.97 Å². The minimum Gasteiger partial charge on any atom is -0.550 e. The quantitative estimate of drug-likeness (QED) is 0.803. The van der Waals surface area contributed by atoms with Crippen molar-refractivity contribution in [1.29, 1.82) is 0 Å². The first-order valence-electron chi connectivity index (χ1n) is 4.88. The summed E-state index contributed by atoms with van der Waals surface area (Å²) in [6, 6.07) is 8.32. The molecule has 0 heterocycles. The van der Waals surface area contributed by atoms with Gasteiger partial charge in [0, 0.05) is 21.5 Å². The largest absolute Gasteiger partial charge is 0.550 e. The van der Waals surface area contributed by atoms with Crippen molar-refractivity contribution in [3.63, 3.8) is 0 Å². The van der Waals surface area contributed by atoms with Crippen LogP contribution in [-0.2, 0) is 4.79 Å². The van der Waals surface area contributed by atoms with Crippen LogP contribution >= 0.6 is 22.6 Å². The number of halogens is 1. The molecular formula is C11H14INO2. The van der Waals surface area contributed by atoms with E-state index in [1.807, 2.05) is 24.3 Å². The first kappa shape index (κ1) is 12.4. The van der Waals surface area contributed by atoms with Crippen LogP contribution < -0.4 is 10.8 Å². The predicted molar refractivity (Wildman–Crippen MR) is 63.6 cm³/mol. The normalized spacial score (nSPS) is 12.4. The molecule has 4 heteroatoms. The Morgan fingerprint density at radius 1 is 1.40 bits per heavy atom. The smallest absolute Gasteiger partial charge is 0.110 e. The van der Waals surface area contributed by atoms with Gasteiger partial charge in [-0.25, -0.2) is 0 Å². The highest BCUT2D eigenvalue weighted by Gasteiger charge is 2.08. The van der Waals surface area contributed by atoms with Crippen LogP contribution in [0.15, 0.2) is 24.3 Å². The van der Waals surface area contributed by atoms with Crippen molar-refractivity contribution in [2.24, 2.45) is 0 Å². The van der Waals surface area contributed by atoms with Crippen molar-refractivity contribution in [3.8, 4) is 0 Å². The number of quaternary nitrogens is 1. The topological polar surface area (TPSA) is 67.8 Å². The van der Waals surface area contributed by atoms with E-state index in [4.69, 9.17) is 0 Å². The molecule has 0 spiro atoms.